The topological polar surface area (TPSA) is 49.9 Å². The summed E-state index contributed by atoms with van der Waals surface area (Å²) in [6.45, 7) is 8.69. The van der Waals surface area contributed by atoms with Crippen LogP contribution in [-0.4, -0.2) is 54.1 Å². The van der Waals surface area contributed by atoms with Crippen molar-refractivity contribution in [3.8, 4) is 0 Å². The predicted molar refractivity (Wildman–Crippen MR) is 69.2 cm³/mol. The van der Waals surface area contributed by atoms with Gasteiger partial charge in [-0.1, -0.05) is 0 Å². The zero-order valence-electron chi connectivity index (χ0n) is 12.0. The third kappa shape index (κ3) is 3.62. The van der Waals surface area contributed by atoms with Crippen LogP contribution in [0.5, 0.6) is 0 Å². The molecule has 1 atom stereocenters. The van der Waals surface area contributed by atoms with E-state index < -0.39 is 0 Å². The fourth-order valence-corrected chi connectivity index (χ4v) is 1.95. The Bertz CT molecular complexity index is 315. The first kappa shape index (κ1) is 14.8. The molecule has 18 heavy (non-hydrogen) atoms. The second kappa shape index (κ2) is 6.07. The monoisotopic (exact) mass is 256 g/mol. The van der Waals surface area contributed by atoms with Gasteiger partial charge in [0.25, 0.3) is 0 Å². The standard InChI is InChI=1S/C13H24N2O3/c1-9(2)14(5)12(16)11-6-7-15(8-11)13(17)18-10(3)4/h9-11H,6-8H2,1-5H3. The van der Waals surface area contributed by atoms with E-state index in [2.05, 4.69) is 0 Å². The van der Waals surface area contributed by atoms with Gasteiger partial charge in [-0.3, -0.25) is 4.79 Å². The van der Waals surface area contributed by atoms with Crippen LogP contribution in [0.3, 0.4) is 0 Å². The van der Waals surface area contributed by atoms with Gasteiger partial charge in [0, 0.05) is 26.2 Å². The molecule has 1 rings (SSSR count). The van der Waals surface area contributed by atoms with Gasteiger partial charge in [-0.15, -0.1) is 0 Å². The summed E-state index contributed by atoms with van der Waals surface area (Å²) in [4.78, 5) is 27.2. The lowest BCUT2D eigenvalue weighted by molar-refractivity contribution is -0.135. The largest absolute Gasteiger partial charge is 0.447 e. The molecule has 0 N–H and O–H groups in total. The van der Waals surface area contributed by atoms with Gasteiger partial charge >= 0.3 is 6.09 Å². The number of rotatable bonds is 3. The zero-order chi connectivity index (χ0) is 13.9. The minimum absolute atomic E-state index is 0.0860. The Kier molecular flexibility index (Phi) is 4.99. The SMILES string of the molecule is CC(C)OC(=O)N1CCC(C(=O)N(C)C(C)C)C1. The summed E-state index contributed by atoms with van der Waals surface area (Å²) in [6.07, 6.45) is 0.293. The molecule has 0 radical (unpaired) electrons. The van der Waals surface area contributed by atoms with Gasteiger partial charge in [-0.25, -0.2) is 4.79 Å². The maximum atomic E-state index is 12.1. The van der Waals surface area contributed by atoms with Crippen molar-refractivity contribution in [2.24, 2.45) is 5.92 Å². The van der Waals surface area contributed by atoms with Crippen LogP contribution in [-0.2, 0) is 9.53 Å². The highest BCUT2D eigenvalue weighted by molar-refractivity contribution is 5.80. The molecule has 1 heterocycles. The van der Waals surface area contributed by atoms with E-state index in [1.54, 1.807) is 9.80 Å². The molecular weight excluding hydrogens is 232 g/mol. The highest BCUT2D eigenvalue weighted by Crippen LogP contribution is 2.20. The van der Waals surface area contributed by atoms with E-state index in [0.29, 0.717) is 13.1 Å². The van der Waals surface area contributed by atoms with E-state index in [4.69, 9.17) is 4.74 Å². The highest BCUT2D eigenvalue weighted by atomic mass is 16.6. The van der Waals surface area contributed by atoms with Gasteiger partial charge in [0.15, 0.2) is 0 Å². The lowest BCUT2D eigenvalue weighted by Crippen LogP contribution is -2.39. The van der Waals surface area contributed by atoms with Gasteiger partial charge in [-0.05, 0) is 34.1 Å². The number of carbonyl (C=O) groups excluding carboxylic acids is 2. The number of ether oxygens (including phenoxy) is 1. The van der Waals surface area contributed by atoms with Crippen LogP contribution < -0.4 is 0 Å². The minimum atomic E-state index is -0.312. The van der Waals surface area contributed by atoms with Crippen molar-refractivity contribution in [2.45, 2.75) is 46.3 Å². The van der Waals surface area contributed by atoms with Gasteiger partial charge in [0.2, 0.25) is 5.91 Å². The van der Waals surface area contributed by atoms with Crippen LogP contribution in [0.2, 0.25) is 0 Å². The maximum Gasteiger partial charge on any atom is 0.410 e. The van der Waals surface area contributed by atoms with Gasteiger partial charge < -0.3 is 14.5 Å². The number of hydrogen-bond acceptors (Lipinski definition) is 3. The van der Waals surface area contributed by atoms with Gasteiger partial charge in [-0.2, -0.15) is 0 Å². The average molecular weight is 256 g/mol. The molecule has 1 saturated heterocycles. The molecule has 2 amide bonds. The Morgan fingerprint density at radius 2 is 1.89 bits per heavy atom. The van der Waals surface area contributed by atoms with Crippen molar-refractivity contribution >= 4 is 12.0 Å². The van der Waals surface area contributed by atoms with Crippen molar-refractivity contribution in [3.05, 3.63) is 0 Å². The van der Waals surface area contributed by atoms with E-state index in [0.717, 1.165) is 6.42 Å². The molecule has 1 unspecified atom stereocenters. The lowest BCUT2D eigenvalue weighted by atomic mass is 10.1. The molecule has 5 heteroatoms. The van der Waals surface area contributed by atoms with E-state index in [1.807, 2.05) is 34.7 Å². The summed E-state index contributed by atoms with van der Waals surface area (Å²) in [5.74, 6) is 0.0296. The van der Waals surface area contributed by atoms with Crippen LogP contribution in [0.25, 0.3) is 0 Å². The lowest BCUT2D eigenvalue weighted by Gasteiger charge is -2.25. The van der Waals surface area contributed by atoms with Crippen LogP contribution in [0.4, 0.5) is 4.79 Å². The smallest absolute Gasteiger partial charge is 0.410 e. The molecule has 0 aromatic rings. The molecule has 0 spiro atoms. The zero-order valence-corrected chi connectivity index (χ0v) is 12.0. The first-order chi connectivity index (χ1) is 8.32. The van der Waals surface area contributed by atoms with Crippen molar-refractivity contribution < 1.29 is 14.3 Å². The Balaban J connectivity index is 2.51. The van der Waals surface area contributed by atoms with Crippen molar-refractivity contribution in [1.29, 1.82) is 0 Å². The second-order valence-electron chi connectivity index (χ2n) is 5.41. The molecule has 1 fully saturated rings. The Hall–Kier alpha value is -1.26. The summed E-state index contributed by atoms with van der Waals surface area (Å²) in [7, 11) is 1.81. The second-order valence-corrected chi connectivity index (χ2v) is 5.41. The van der Waals surface area contributed by atoms with E-state index >= 15 is 0 Å². The summed E-state index contributed by atoms with van der Waals surface area (Å²) in [5.41, 5.74) is 0. The van der Waals surface area contributed by atoms with Crippen LogP contribution in [0.1, 0.15) is 34.1 Å². The third-order valence-electron chi connectivity index (χ3n) is 3.25. The molecule has 0 aliphatic carbocycles. The molecule has 5 nitrogen and oxygen atoms in total. The molecule has 0 bridgehead atoms. The highest BCUT2D eigenvalue weighted by Gasteiger charge is 2.34. The van der Waals surface area contributed by atoms with Crippen LogP contribution in [0, 0.1) is 5.92 Å². The van der Waals surface area contributed by atoms with Crippen molar-refractivity contribution in [2.75, 3.05) is 20.1 Å². The molecular formula is C13H24N2O3. The number of likely N-dealkylation sites (tertiary alicyclic amines) is 1. The molecule has 1 aliphatic heterocycles. The Morgan fingerprint density at radius 3 is 2.39 bits per heavy atom. The number of amides is 2. The van der Waals surface area contributed by atoms with Crippen LogP contribution >= 0.6 is 0 Å². The minimum Gasteiger partial charge on any atom is -0.447 e. The summed E-state index contributed by atoms with van der Waals surface area (Å²) in [5, 5.41) is 0. The summed E-state index contributed by atoms with van der Waals surface area (Å²) >= 11 is 0. The Labute approximate surface area is 109 Å². The molecule has 104 valence electrons. The summed E-state index contributed by atoms with van der Waals surface area (Å²) in [6, 6.07) is 0.189. The average Bonchev–Trinajstić information content (AvgIpc) is 2.75. The van der Waals surface area contributed by atoms with Crippen molar-refractivity contribution in [1.82, 2.24) is 9.80 Å². The third-order valence-corrected chi connectivity index (χ3v) is 3.25. The quantitative estimate of drug-likeness (QED) is 0.772. The summed E-state index contributed by atoms with van der Waals surface area (Å²) < 4.78 is 5.13. The normalized spacial score (nSPS) is 19.5. The van der Waals surface area contributed by atoms with Gasteiger partial charge in [0.1, 0.15) is 0 Å². The van der Waals surface area contributed by atoms with Crippen molar-refractivity contribution in [3.63, 3.8) is 0 Å². The van der Waals surface area contributed by atoms with Crippen LogP contribution in [0.15, 0.2) is 0 Å². The first-order valence-corrected chi connectivity index (χ1v) is 6.55. The molecule has 0 saturated carbocycles. The molecule has 0 aromatic carbocycles. The van der Waals surface area contributed by atoms with Gasteiger partial charge in [0.05, 0.1) is 12.0 Å². The fourth-order valence-electron chi connectivity index (χ4n) is 1.95. The first-order valence-electron chi connectivity index (χ1n) is 6.55. The van der Waals surface area contributed by atoms with E-state index in [9.17, 15) is 9.59 Å². The number of carbonyl (C=O) groups is 2. The molecule has 1 aliphatic rings. The molecule has 0 aromatic heterocycles. The predicted octanol–water partition coefficient (Wildman–Crippen LogP) is 1.72. The fraction of sp³-hybridized carbons (Fsp3) is 0.846. The van der Waals surface area contributed by atoms with E-state index in [1.165, 1.54) is 0 Å². The number of nitrogens with zero attached hydrogens (tertiary/aromatic N) is 2. The Morgan fingerprint density at radius 1 is 1.28 bits per heavy atom. The van der Waals surface area contributed by atoms with E-state index in [-0.39, 0.29) is 30.1 Å². The maximum absolute atomic E-state index is 12.1. The number of hydrogen-bond donors (Lipinski definition) is 0.